The van der Waals surface area contributed by atoms with Gasteiger partial charge in [0.1, 0.15) is 9.84 Å². The van der Waals surface area contributed by atoms with E-state index >= 15 is 0 Å². The van der Waals surface area contributed by atoms with Crippen LogP contribution in [0, 0.1) is 0 Å². The molecule has 0 radical (unpaired) electrons. The molecule has 0 saturated carbocycles. The summed E-state index contributed by atoms with van der Waals surface area (Å²) in [6.45, 7) is 1.87. The van der Waals surface area contributed by atoms with E-state index in [1.807, 2.05) is 6.92 Å². The molecule has 0 bridgehead atoms. The summed E-state index contributed by atoms with van der Waals surface area (Å²) in [5.74, 6) is 1.69. The molecule has 1 aromatic heterocycles. The van der Waals surface area contributed by atoms with E-state index < -0.39 is 9.84 Å². The largest absolute Gasteiger partial charge is 0.339 e. The highest BCUT2D eigenvalue weighted by molar-refractivity contribution is 7.91. The molecule has 2 heterocycles. The van der Waals surface area contributed by atoms with Crippen LogP contribution in [-0.2, 0) is 16.3 Å². The molecule has 17 heavy (non-hydrogen) atoms. The van der Waals surface area contributed by atoms with Gasteiger partial charge in [0.25, 0.3) is 0 Å². The van der Waals surface area contributed by atoms with Crippen molar-refractivity contribution in [1.29, 1.82) is 0 Å². The predicted molar refractivity (Wildman–Crippen MR) is 62.3 cm³/mol. The standard InChI is InChI=1S/C10H17N3O3S/c1-7(11)6-9-12-10(13-16-9)8-2-4-17(14,15)5-3-8/h7-8H,2-6,11H2,1H3. The normalized spacial score (nSPS) is 22.5. The minimum absolute atomic E-state index is 0.0185. The van der Waals surface area contributed by atoms with Crippen LogP contribution in [-0.4, -0.2) is 36.1 Å². The quantitative estimate of drug-likeness (QED) is 0.835. The lowest BCUT2D eigenvalue weighted by Crippen LogP contribution is -2.22. The number of aromatic nitrogens is 2. The first-order valence-corrected chi connectivity index (χ1v) is 7.57. The third-order valence-electron chi connectivity index (χ3n) is 2.90. The van der Waals surface area contributed by atoms with Crippen LogP contribution in [0.15, 0.2) is 4.52 Å². The third kappa shape index (κ3) is 3.26. The third-order valence-corrected chi connectivity index (χ3v) is 4.62. The van der Waals surface area contributed by atoms with Gasteiger partial charge >= 0.3 is 0 Å². The zero-order valence-corrected chi connectivity index (χ0v) is 10.6. The predicted octanol–water partition coefficient (Wildman–Crippen LogP) is 0.252. The van der Waals surface area contributed by atoms with Crippen LogP contribution >= 0.6 is 0 Å². The summed E-state index contributed by atoms with van der Waals surface area (Å²) >= 11 is 0. The van der Waals surface area contributed by atoms with Crippen molar-refractivity contribution in [3.05, 3.63) is 11.7 Å². The van der Waals surface area contributed by atoms with Crippen molar-refractivity contribution in [2.24, 2.45) is 5.73 Å². The summed E-state index contributed by atoms with van der Waals surface area (Å²) in [7, 11) is -2.84. The molecule has 0 aromatic carbocycles. The van der Waals surface area contributed by atoms with E-state index in [-0.39, 0.29) is 23.5 Å². The Kier molecular flexibility index (Phi) is 3.48. The van der Waals surface area contributed by atoms with Gasteiger partial charge in [-0.2, -0.15) is 4.98 Å². The highest BCUT2D eigenvalue weighted by Gasteiger charge is 2.27. The van der Waals surface area contributed by atoms with Gasteiger partial charge in [0.2, 0.25) is 5.89 Å². The lowest BCUT2D eigenvalue weighted by Gasteiger charge is -2.18. The van der Waals surface area contributed by atoms with Gasteiger partial charge in [-0.1, -0.05) is 5.16 Å². The van der Waals surface area contributed by atoms with Crippen molar-refractivity contribution in [1.82, 2.24) is 10.1 Å². The molecule has 1 unspecified atom stereocenters. The zero-order chi connectivity index (χ0) is 12.5. The van der Waals surface area contributed by atoms with Crippen molar-refractivity contribution in [3.63, 3.8) is 0 Å². The molecule has 6 nitrogen and oxygen atoms in total. The van der Waals surface area contributed by atoms with E-state index in [0.717, 1.165) is 0 Å². The first kappa shape index (κ1) is 12.5. The molecule has 7 heteroatoms. The second-order valence-corrected chi connectivity index (χ2v) is 6.96. The highest BCUT2D eigenvalue weighted by atomic mass is 32.2. The maximum atomic E-state index is 11.3. The number of nitrogens with two attached hydrogens (primary N) is 1. The summed E-state index contributed by atoms with van der Waals surface area (Å²) in [6.07, 6.45) is 1.72. The van der Waals surface area contributed by atoms with Gasteiger partial charge in [0.15, 0.2) is 5.82 Å². The average molecular weight is 259 g/mol. The molecular weight excluding hydrogens is 242 g/mol. The Morgan fingerprint density at radius 2 is 2.12 bits per heavy atom. The average Bonchev–Trinajstić information content (AvgIpc) is 2.65. The Hall–Kier alpha value is -0.950. The van der Waals surface area contributed by atoms with E-state index in [1.165, 1.54) is 0 Å². The first-order valence-electron chi connectivity index (χ1n) is 5.75. The van der Waals surface area contributed by atoms with Crippen molar-refractivity contribution in [2.75, 3.05) is 11.5 Å². The Morgan fingerprint density at radius 3 is 2.71 bits per heavy atom. The summed E-state index contributed by atoms with van der Waals surface area (Å²) < 4.78 is 27.7. The Bertz CT molecular complexity index is 467. The monoisotopic (exact) mass is 259 g/mol. The number of hydrogen-bond donors (Lipinski definition) is 1. The van der Waals surface area contributed by atoms with Gasteiger partial charge in [-0.05, 0) is 19.8 Å². The summed E-state index contributed by atoms with van der Waals surface area (Å²) in [4.78, 5) is 4.27. The smallest absolute Gasteiger partial charge is 0.228 e. The fourth-order valence-corrected chi connectivity index (χ4v) is 3.43. The molecule has 0 amide bonds. The van der Waals surface area contributed by atoms with E-state index in [1.54, 1.807) is 0 Å². The maximum Gasteiger partial charge on any atom is 0.228 e. The lowest BCUT2D eigenvalue weighted by molar-refractivity contribution is 0.361. The molecule has 2 rings (SSSR count). The van der Waals surface area contributed by atoms with Crippen molar-refractivity contribution in [3.8, 4) is 0 Å². The number of nitrogens with zero attached hydrogens (tertiary/aromatic N) is 2. The molecular formula is C10H17N3O3S. The fourth-order valence-electron chi connectivity index (χ4n) is 1.94. The van der Waals surface area contributed by atoms with Crippen LogP contribution < -0.4 is 5.73 Å². The van der Waals surface area contributed by atoms with Gasteiger partial charge in [0, 0.05) is 18.4 Å². The molecule has 2 N–H and O–H groups in total. The second-order valence-electron chi connectivity index (χ2n) is 4.65. The number of hydrogen-bond acceptors (Lipinski definition) is 6. The summed E-state index contributed by atoms with van der Waals surface area (Å²) in [5.41, 5.74) is 5.64. The van der Waals surface area contributed by atoms with Gasteiger partial charge < -0.3 is 10.3 Å². The van der Waals surface area contributed by atoms with Crippen LogP contribution in [0.4, 0.5) is 0 Å². The minimum Gasteiger partial charge on any atom is -0.339 e. The van der Waals surface area contributed by atoms with Crippen LogP contribution in [0.3, 0.4) is 0 Å². The van der Waals surface area contributed by atoms with Crippen LogP contribution in [0.1, 0.15) is 37.4 Å². The molecule has 1 fully saturated rings. The minimum atomic E-state index is -2.84. The topological polar surface area (TPSA) is 99.1 Å². The molecule has 1 aliphatic rings. The van der Waals surface area contributed by atoms with E-state index in [4.69, 9.17) is 10.3 Å². The SMILES string of the molecule is CC(N)Cc1nc(C2CCS(=O)(=O)CC2)no1. The summed E-state index contributed by atoms with van der Waals surface area (Å²) in [6, 6.07) is -0.0185. The van der Waals surface area contributed by atoms with Crippen LogP contribution in [0.2, 0.25) is 0 Å². The maximum absolute atomic E-state index is 11.3. The van der Waals surface area contributed by atoms with Gasteiger partial charge in [-0.15, -0.1) is 0 Å². The van der Waals surface area contributed by atoms with Crippen molar-refractivity contribution >= 4 is 9.84 Å². The molecule has 96 valence electrons. The van der Waals surface area contributed by atoms with Crippen molar-refractivity contribution < 1.29 is 12.9 Å². The molecule has 1 atom stereocenters. The Morgan fingerprint density at radius 1 is 1.47 bits per heavy atom. The number of sulfone groups is 1. The van der Waals surface area contributed by atoms with Gasteiger partial charge in [-0.25, -0.2) is 8.42 Å². The van der Waals surface area contributed by atoms with Crippen LogP contribution in [0.5, 0.6) is 0 Å². The molecule has 0 spiro atoms. The Labute approximate surface area is 100 Å². The zero-order valence-electron chi connectivity index (χ0n) is 9.80. The fraction of sp³-hybridized carbons (Fsp3) is 0.800. The van der Waals surface area contributed by atoms with Gasteiger partial charge in [-0.3, -0.25) is 0 Å². The highest BCUT2D eigenvalue weighted by Crippen LogP contribution is 2.27. The van der Waals surface area contributed by atoms with Crippen LogP contribution in [0.25, 0.3) is 0 Å². The molecule has 0 aliphatic carbocycles. The molecule has 1 aromatic rings. The molecule has 1 saturated heterocycles. The van der Waals surface area contributed by atoms with Crippen molar-refractivity contribution in [2.45, 2.75) is 38.1 Å². The lowest BCUT2D eigenvalue weighted by atomic mass is 10.0. The molecule has 1 aliphatic heterocycles. The Balaban J connectivity index is 2.01. The van der Waals surface area contributed by atoms with Gasteiger partial charge in [0.05, 0.1) is 11.5 Å². The van der Waals surface area contributed by atoms with E-state index in [2.05, 4.69) is 10.1 Å². The van der Waals surface area contributed by atoms with E-state index in [0.29, 0.717) is 31.0 Å². The number of rotatable bonds is 3. The summed E-state index contributed by atoms with van der Waals surface area (Å²) in [5, 5.41) is 3.90. The first-order chi connectivity index (χ1) is 7.96. The van der Waals surface area contributed by atoms with E-state index in [9.17, 15) is 8.42 Å². The second kappa shape index (κ2) is 4.73.